The molecule has 3 nitrogen and oxygen atoms in total. The Hall–Kier alpha value is -1.69. The molecule has 1 aromatic rings. The lowest BCUT2D eigenvalue weighted by Gasteiger charge is -2.20. The highest BCUT2D eigenvalue weighted by Gasteiger charge is 2.26. The Morgan fingerprint density at radius 1 is 1.05 bits per heavy atom. The Kier molecular flexibility index (Phi) is 3.59. The van der Waals surface area contributed by atoms with Gasteiger partial charge in [0.2, 0.25) is 0 Å². The van der Waals surface area contributed by atoms with Crippen LogP contribution in [0, 0.1) is 17.2 Å². The predicted octanol–water partition coefficient (Wildman–Crippen LogP) is 3.39. The average Bonchev–Trinajstić information content (AvgIpc) is 3.10. The van der Waals surface area contributed by atoms with Gasteiger partial charge in [-0.3, -0.25) is 0 Å². The third kappa shape index (κ3) is 2.68. The molecule has 0 amide bonds. The maximum absolute atomic E-state index is 9.11. The monoisotopic (exact) mass is 255 g/mol. The molecule has 1 aliphatic heterocycles. The minimum Gasteiger partial charge on any atom is -0.381 e. The number of rotatable bonds is 3. The van der Waals surface area contributed by atoms with Gasteiger partial charge in [0, 0.05) is 30.5 Å². The molecule has 1 aromatic carbocycles. The normalized spacial score (nSPS) is 26.4. The molecule has 1 saturated heterocycles. The molecule has 3 heteroatoms. The molecule has 3 rings (SSSR count). The van der Waals surface area contributed by atoms with Gasteiger partial charge in [-0.1, -0.05) is 0 Å². The first-order valence-electron chi connectivity index (χ1n) is 7.38. The summed E-state index contributed by atoms with van der Waals surface area (Å²) in [5.74, 6) is 0.179. The van der Waals surface area contributed by atoms with Crippen LogP contribution >= 0.6 is 0 Å². The average molecular weight is 255 g/mol. The Morgan fingerprint density at radius 2 is 1.79 bits per heavy atom. The van der Waals surface area contributed by atoms with Crippen LogP contribution < -0.4 is 10.2 Å². The zero-order chi connectivity index (χ0) is 13.1. The van der Waals surface area contributed by atoms with Crippen molar-refractivity contribution < 1.29 is 0 Å². The molecule has 1 aliphatic carbocycles. The van der Waals surface area contributed by atoms with Crippen LogP contribution in [-0.2, 0) is 0 Å². The van der Waals surface area contributed by atoms with Gasteiger partial charge < -0.3 is 10.2 Å². The van der Waals surface area contributed by atoms with Crippen LogP contribution in [0.25, 0.3) is 0 Å². The van der Waals surface area contributed by atoms with E-state index in [0.717, 1.165) is 18.5 Å². The fourth-order valence-corrected chi connectivity index (χ4v) is 3.25. The molecule has 2 fully saturated rings. The highest BCUT2D eigenvalue weighted by Crippen LogP contribution is 2.29. The van der Waals surface area contributed by atoms with Gasteiger partial charge in [0.05, 0.1) is 12.0 Å². The number of nitrogens with one attached hydrogen (secondary N) is 1. The number of hydrogen-bond donors (Lipinski definition) is 1. The highest BCUT2D eigenvalue weighted by atomic mass is 15.1. The van der Waals surface area contributed by atoms with Crippen molar-refractivity contribution in [2.45, 2.75) is 38.1 Å². The van der Waals surface area contributed by atoms with Crippen molar-refractivity contribution in [1.29, 1.82) is 5.26 Å². The number of nitriles is 1. The first-order valence-corrected chi connectivity index (χ1v) is 7.38. The van der Waals surface area contributed by atoms with Crippen molar-refractivity contribution in [3.8, 4) is 6.07 Å². The quantitative estimate of drug-likeness (QED) is 0.899. The second-order valence-electron chi connectivity index (χ2n) is 5.66. The molecule has 2 unspecified atom stereocenters. The van der Waals surface area contributed by atoms with Crippen molar-refractivity contribution in [2.75, 3.05) is 23.3 Å². The van der Waals surface area contributed by atoms with Crippen molar-refractivity contribution in [1.82, 2.24) is 0 Å². The van der Waals surface area contributed by atoms with E-state index >= 15 is 0 Å². The van der Waals surface area contributed by atoms with E-state index in [1.807, 2.05) is 0 Å². The number of anilines is 2. The lowest BCUT2D eigenvalue weighted by molar-refractivity contribution is 0.630. The van der Waals surface area contributed by atoms with Crippen LogP contribution in [-0.4, -0.2) is 19.1 Å². The maximum atomic E-state index is 9.11. The molecule has 0 radical (unpaired) electrons. The summed E-state index contributed by atoms with van der Waals surface area (Å²) in [6.45, 7) is 2.37. The second-order valence-corrected chi connectivity index (χ2v) is 5.66. The lowest BCUT2D eigenvalue weighted by atomic mass is 10.1. The molecule has 0 bridgehead atoms. The summed E-state index contributed by atoms with van der Waals surface area (Å²) in [5.41, 5.74) is 2.47. The summed E-state index contributed by atoms with van der Waals surface area (Å²) in [5, 5.41) is 12.6. The molecule has 100 valence electrons. The number of hydrogen-bond acceptors (Lipinski definition) is 3. The van der Waals surface area contributed by atoms with Crippen LogP contribution in [0.1, 0.15) is 32.1 Å². The van der Waals surface area contributed by atoms with Gasteiger partial charge in [-0.05, 0) is 56.4 Å². The molecular formula is C16H21N3. The summed E-state index contributed by atoms with van der Waals surface area (Å²) in [6.07, 6.45) is 5.95. The van der Waals surface area contributed by atoms with E-state index in [-0.39, 0.29) is 5.92 Å². The molecule has 1 heterocycles. The van der Waals surface area contributed by atoms with E-state index in [4.69, 9.17) is 5.26 Å². The van der Waals surface area contributed by atoms with E-state index in [9.17, 15) is 0 Å². The second kappa shape index (κ2) is 5.52. The van der Waals surface area contributed by atoms with E-state index in [1.54, 1.807) is 0 Å². The topological polar surface area (TPSA) is 39.1 Å². The van der Waals surface area contributed by atoms with Crippen LogP contribution in [0.2, 0.25) is 0 Å². The minimum atomic E-state index is 0.179. The van der Waals surface area contributed by atoms with Crippen LogP contribution in [0.15, 0.2) is 24.3 Å². The Morgan fingerprint density at radius 3 is 2.47 bits per heavy atom. The molecule has 19 heavy (non-hydrogen) atoms. The first-order chi connectivity index (χ1) is 9.36. The fourth-order valence-electron chi connectivity index (χ4n) is 3.25. The van der Waals surface area contributed by atoms with Gasteiger partial charge in [-0.25, -0.2) is 0 Å². The first kappa shape index (κ1) is 12.3. The van der Waals surface area contributed by atoms with Gasteiger partial charge in [0.1, 0.15) is 0 Å². The van der Waals surface area contributed by atoms with Gasteiger partial charge in [-0.2, -0.15) is 5.26 Å². The summed E-state index contributed by atoms with van der Waals surface area (Å²) in [6, 6.07) is 11.5. The zero-order valence-electron chi connectivity index (χ0n) is 11.3. The van der Waals surface area contributed by atoms with E-state index in [0.29, 0.717) is 6.04 Å². The number of benzene rings is 1. The third-order valence-electron chi connectivity index (χ3n) is 4.37. The van der Waals surface area contributed by atoms with E-state index in [1.165, 1.54) is 38.0 Å². The van der Waals surface area contributed by atoms with Crippen molar-refractivity contribution >= 4 is 11.4 Å². The van der Waals surface area contributed by atoms with Gasteiger partial charge in [0.15, 0.2) is 0 Å². The standard InChI is InChI=1S/C16H21N3/c17-12-13-4-3-5-16(13)18-14-6-8-15(9-7-14)19-10-1-2-11-19/h6-9,13,16,18H,1-5,10-11H2. The minimum absolute atomic E-state index is 0.179. The van der Waals surface area contributed by atoms with Crippen molar-refractivity contribution in [3.63, 3.8) is 0 Å². The molecule has 1 N–H and O–H groups in total. The summed E-state index contributed by atoms with van der Waals surface area (Å²) >= 11 is 0. The molecule has 2 aliphatic rings. The van der Waals surface area contributed by atoms with E-state index < -0.39 is 0 Å². The smallest absolute Gasteiger partial charge is 0.0677 e. The highest BCUT2D eigenvalue weighted by molar-refractivity contribution is 5.56. The fraction of sp³-hybridized carbons (Fsp3) is 0.562. The maximum Gasteiger partial charge on any atom is 0.0677 e. The summed E-state index contributed by atoms with van der Waals surface area (Å²) in [4.78, 5) is 2.44. The molecule has 2 atom stereocenters. The van der Waals surface area contributed by atoms with Crippen LogP contribution in [0.3, 0.4) is 0 Å². The summed E-state index contributed by atoms with van der Waals surface area (Å²) < 4.78 is 0. The predicted molar refractivity (Wildman–Crippen MR) is 78.3 cm³/mol. The molecular weight excluding hydrogens is 234 g/mol. The molecule has 0 aromatic heterocycles. The zero-order valence-corrected chi connectivity index (χ0v) is 11.3. The third-order valence-corrected chi connectivity index (χ3v) is 4.37. The Balaban J connectivity index is 1.64. The molecule has 1 saturated carbocycles. The van der Waals surface area contributed by atoms with Gasteiger partial charge >= 0.3 is 0 Å². The summed E-state index contributed by atoms with van der Waals surface area (Å²) in [7, 11) is 0. The van der Waals surface area contributed by atoms with Gasteiger partial charge in [0.25, 0.3) is 0 Å². The molecule has 0 spiro atoms. The SMILES string of the molecule is N#CC1CCCC1Nc1ccc(N2CCCC2)cc1. The largest absolute Gasteiger partial charge is 0.381 e. The van der Waals surface area contributed by atoms with Crippen LogP contribution in [0.4, 0.5) is 11.4 Å². The van der Waals surface area contributed by atoms with E-state index in [2.05, 4.69) is 40.6 Å². The van der Waals surface area contributed by atoms with Crippen LogP contribution in [0.5, 0.6) is 0 Å². The Labute approximate surface area is 115 Å². The van der Waals surface area contributed by atoms with Crippen molar-refractivity contribution in [3.05, 3.63) is 24.3 Å². The van der Waals surface area contributed by atoms with Gasteiger partial charge in [-0.15, -0.1) is 0 Å². The lowest BCUT2D eigenvalue weighted by Crippen LogP contribution is -2.23. The Bertz CT molecular complexity index is 454. The van der Waals surface area contributed by atoms with Crippen molar-refractivity contribution in [2.24, 2.45) is 5.92 Å². The number of nitrogens with zero attached hydrogens (tertiary/aromatic N) is 2.